The molecule has 1 saturated heterocycles. The van der Waals surface area contributed by atoms with Crippen molar-refractivity contribution in [3.05, 3.63) is 53.9 Å². The molecule has 1 aliphatic heterocycles. The lowest BCUT2D eigenvalue weighted by atomic mass is 10.2. The minimum atomic E-state index is 0.220. The lowest BCUT2D eigenvalue weighted by Gasteiger charge is -2.16. The maximum absolute atomic E-state index is 11.9. The second kappa shape index (κ2) is 7.15. The molecule has 3 aromatic rings. The smallest absolute Gasteiger partial charge is 0.227 e. The van der Waals surface area contributed by atoms with E-state index in [9.17, 15) is 4.79 Å². The molecule has 0 radical (unpaired) electrons. The molecule has 0 saturated carbocycles. The lowest BCUT2D eigenvalue weighted by molar-refractivity contribution is -0.117. The van der Waals surface area contributed by atoms with Crippen LogP contribution in [0.2, 0.25) is 0 Å². The van der Waals surface area contributed by atoms with E-state index in [4.69, 9.17) is 0 Å². The number of carbonyl (C=O) groups is 1. The number of fused-ring (bicyclic) bond motifs is 1. The molecular formula is C20H23N5O. The zero-order valence-electron chi connectivity index (χ0n) is 15.0. The van der Waals surface area contributed by atoms with Crippen molar-refractivity contribution in [1.82, 2.24) is 14.6 Å². The van der Waals surface area contributed by atoms with Crippen molar-refractivity contribution in [2.75, 3.05) is 16.8 Å². The second-order valence-corrected chi connectivity index (χ2v) is 6.65. The summed E-state index contributed by atoms with van der Waals surface area (Å²) in [6, 6.07) is 12.2. The number of aromatic nitrogens is 3. The Morgan fingerprint density at radius 3 is 2.77 bits per heavy atom. The normalized spacial score (nSPS) is 14.3. The van der Waals surface area contributed by atoms with Gasteiger partial charge in [0.2, 0.25) is 5.91 Å². The number of rotatable bonds is 6. The summed E-state index contributed by atoms with van der Waals surface area (Å²) in [5.74, 6) is 1.17. The molecule has 26 heavy (non-hydrogen) atoms. The van der Waals surface area contributed by atoms with Gasteiger partial charge in [0, 0.05) is 43.0 Å². The molecule has 1 aliphatic rings. The Bertz CT molecular complexity index is 916. The molecular weight excluding hydrogens is 326 g/mol. The molecule has 3 heterocycles. The van der Waals surface area contributed by atoms with Crippen LogP contribution >= 0.6 is 0 Å². The highest BCUT2D eigenvalue weighted by Gasteiger charge is 2.21. The van der Waals surface area contributed by atoms with Crippen LogP contribution in [0.1, 0.15) is 37.4 Å². The van der Waals surface area contributed by atoms with Gasteiger partial charge < -0.3 is 10.2 Å². The van der Waals surface area contributed by atoms with Crippen LogP contribution in [-0.2, 0) is 17.8 Å². The fourth-order valence-corrected chi connectivity index (χ4v) is 3.38. The van der Waals surface area contributed by atoms with Gasteiger partial charge in [-0.2, -0.15) is 9.61 Å². The fourth-order valence-electron chi connectivity index (χ4n) is 3.38. The lowest BCUT2D eigenvalue weighted by Crippen LogP contribution is -2.23. The van der Waals surface area contributed by atoms with Gasteiger partial charge in [-0.15, -0.1) is 0 Å². The van der Waals surface area contributed by atoms with E-state index in [0.29, 0.717) is 13.0 Å². The molecule has 1 amide bonds. The Labute approximate surface area is 152 Å². The van der Waals surface area contributed by atoms with E-state index in [2.05, 4.69) is 40.5 Å². The van der Waals surface area contributed by atoms with Gasteiger partial charge in [0.05, 0.1) is 6.20 Å². The largest absolute Gasteiger partial charge is 0.366 e. The second-order valence-electron chi connectivity index (χ2n) is 6.65. The van der Waals surface area contributed by atoms with Gasteiger partial charge >= 0.3 is 0 Å². The molecule has 0 spiro atoms. The summed E-state index contributed by atoms with van der Waals surface area (Å²) in [5, 5.41) is 7.82. The van der Waals surface area contributed by atoms with Crippen LogP contribution in [0.4, 0.5) is 11.5 Å². The first kappa shape index (κ1) is 16.6. The van der Waals surface area contributed by atoms with E-state index in [-0.39, 0.29) is 5.91 Å². The van der Waals surface area contributed by atoms with Crippen LogP contribution in [0.5, 0.6) is 0 Å². The van der Waals surface area contributed by atoms with Crippen LogP contribution in [0.25, 0.3) is 5.65 Å². The maximum atomic E-state index is 11.9. The quantitative estimate of drug-likeness (QED) is 0.741. The average molecular weight is 349 g/mol. The first-order valence-electron chi connectivity index (χ1n) is 9.21. The van der Waals surface area contributed by atoms with Crippen molar-refractivity contribution in [2.24, 2.45) is 0 Å². The van der Waals surface area contributed by atoms with Crippen LogP contribution in [0.15, 0.2) is 42.6 Å². The first-order valence-corrected chi connectivity index (χ1v) is 9.21. The number of hydrogen-bond donors (Lipinski definition) is 1. The summed E-state index contributed by atoms with van der Waals surface area (Å²) >= 11 is 0. The summed E-state index contributed by atoms with van der Waals surface area (Å²) in [4.78, 5) is 18.3. The number of benzene rings is 1. The Balaban J connectivity index is 1.49. The van der Waals surface area contributed by atoms with E-state index in [1.165, 1.54) is 0 Å². The van der Waals surface area contributed by atoms with Gasteiger partial charge in [0.25, 0.3) is 0 Å². The van der Waals surface area contributed by atoms with E-state index < -0.39 is 0 Å². The highest BCUT2D eigenvalue weighted by Crippen LogP contribution is 2.22. The van der Waals surface area contributed by atoms with Crippen LogP contribution < -0.4 is 10.2 Å². The predicted octanol–water partition coefficient (Wildman–Crippen LogP) is 3.42. The monoisotopic (exact) mass is 349 g/mol. The molecule has 0 aliphatic carbocycles. The van der Waals surface area contributed by atoms with Gasteiger partial charge in [0.1, 0.15) is 5.82 Å². The molecule has 0 unspecified atom stereocenters. The maximum Gasteiger partial charge on any atom is 0.227 e. The Kier molecular flexibility index (Phi) is 4.56. The molecule has 0 bridgehead atoms. The molecule has 1 fully saturated rings. The molecule has 6 heteroatoms. The SMILES string of the molecule is CCCc1cc(NCc2ccc(N3CCCC3=O)cc2)n2nccc2n1. The number of aryl methyl sites for hydroxylation is 1. The zero-order valence-corrected chi connectivity index (χ0v) is 15.0. The standard InChI is InChI=1S/C20H23N5O/c1-2-4-16-13-19(25-18(23-16)10-11-22-25)21-14-15-6-8-17(9-7-15)24-12-3-5-20(24)26/h6-11,13,21H,2-5,12,14H2,1H3. The summed E-state index contributed by atoms with van der Waals surface area (Å²) in [6.45, 7) is 3.67. The van der Waals surface area contributed by atoms with Crippen molar-refractivity contribution in [3.8, 4) is 0 Å². The summed E-state index contributed by atoms with van der Waals surface area (Å²) in [6.07, 6.45) is 5.39. The van der Waals surface area contributed by atoms with Crippen LogP contribution in [0.3, 0.4) is 0 Å². The van der Waals surface area contributed by atoms with Crippen molar-refractivity contribution in [1.29, 1.82) is 0 Å². The van der Waals surface area contributed by atoms with Gasteiger partial charge in [-0.3, -0.25) is 4.79 Å². The van der Waals surface area contributed by atoms with Gasteiger partial charge in [-0.1, -0.05) is 25.5 Å². The average Bonchev–Trinajstić information content (AvgIpc) is 3.29. The fraction of sp³-hybridized carbons (Fsp3) is 0.350. The van der Waals surface area contributed by atoms with Crippen LogP contribution in [-0.4, -0.2) is 27.0 Å². The molecule has 134 valence electrons. The third-order valence-electron chi connectivity index (χ3n) is 4.71. The minimum absolute atomic E-state index is 0.220. The Hall–Kier alpha value is -2.89. The predicted molar refractivity (Wildman–Crippen MR) is 102 cm³/mol. The number of nitrogens with zero attached hydrogens (tertiary/aromatic N) is 4. The summed E-state index contributed by atoms with van der Waals surface area (Å²) in [5.41, 5.74) is 4.08. The highest BCUT2D eigenvalue weighted by atomic mass is 16.2. The van der Waals surface area contributed by atoms with E-state index in [1.54, 1.807) is 6.20 Å². The van der Waals surface area contributed by atoms with Gasteiger partial charge in [-0.05, 0) is 30.5 Å². The molecule has 0 atom stereocenters. The van der Waals surface area contributed by atoms with E-state index in [1.807, 2.05) is 27.6 Å². The molecule has 6 nitrogen and oxygen atoms in total. The van der Waals surface area contributed by atoms with Gasteiger partial charge in [-0.25, -0.2) is 4.98 Å². The minimum Gasteiger partial charge on any atom is -0.366 e. The topological polar surface area (TPSA) is 62.5 Å². The van der Waals surface area contributed by atoms with Crippen LogP contribution in [0, 0.1) is 0 Å². The van der Waals surface area contributed by atoms with E-state index in [0.717, 1.165) is 54.2 Å². The van der Waals surface area contributed by atoms with Crippen molar-refractivity contribution in [2.45, 2.75) is 39.2 Å². The van der Waals surface area contributed by atoms with Crippen molar-refractivity contribution >= 4 is 23.1 Å². The third kappa shape index (κ3) is 3.27. The van der Waals surface area contributed by atoms with E-state index >= 15 is 0 Å². The highest BCUT2D eigenvalue weighted by molar-refractivity contribution is 5.95. The number of amides is 1. The van der Waals surface area contributed by atoms with Gasteiger partial charge in [0.15, 0.2) is 5.65 Å². The van der Waals surface area contributed by atoms with Crippen molar-refractivity contribution < 1.29 is 4.79 Å². The number of carbonyl (C=O) groups excluding carboxylic acids is 1. The Morgan fingerprint density at radius 2 is 2.04 bits per heavy atom. The zero-order chi connectivity index (χ0) is 17.9. The number of nitrogens with one attached hydrogen (secondary N) is 1. The number of anilines is 2. The molecule has 1 aromatic carbocycles. The summed E-state index contributed by atoms with van der Waals surface area (Å²) in [7, 11) is 0. The Morgan fingerprint density at radius 1 is 1.19 bits per heavy atom. The molecule has 4 rings (SSSR count). The molecule has 2 aromatic heterocycles. The first-order chi connectivity index (χ1) is 12.7. The molecule has 1 N–H and O–H groups in total. The number of hydrogen-bond acceptors (Lipinski definition) is 4. The third-order valence-corrected chi connectivity index (χ3v) is 4.71. The summed E-state index contributed by atoms with van der Waals surface area (Å²) < 4.78 is 1.83. The van der Waals surface area contributed by atoms with Crippen molar-refractivity contribution in [3.63, 3.8) is 0 Å².